The highest BCUT2D eigenvalue weighted by molar-refractivity contribution is 5.28. The molecule has 2 nitrogen and oxygen atoms in total. The molecule has 1 aliphatic rings. The first-order chi connectivity index (χ1) is 6.74. The summed E-state index contributed by atoms with van der Waals surface area (Å²) in [7, 11) is 0. The van der Waals surface area contributed by atoms with Crippen molar-refractivity contribution in [1.82, 2.24) is 0 Å². The Morgan fingerprint density at radius 1 is 1.33 bits per heavy atom. The maximum atomic E-state index is 12.2. The number of alkyl halides is 3. The Hall–Kier alpha value is -0.970. The van der Waals surface area contributed by atoms with Crippen molar-refractivity contribution in [2.75, 3.05) is 0 Å². The van der Waals surface area contributed by atoms with Crippen LogP contribution < -0.4 is 5.73 Å². The number of hydrogen-bond acceptors (Lipinski definition) is 2. The van der Waals surface area contributed by atoms with E-state index in [-0.39, 0.29) is 17.4 Å². The van der Waals surface area contributed by atoms with Crippen LogP contribution in [0, 0.1) is 5.41 Å². The van der Waals surface area contributed by atoms with Crippen LogP contribution in [0.2, 0.25) is 0 Å². The molecule has 0 spiro atoms. The van der Waals surface area contributed by atoms with E-state index in [1.165, 1.54) is 6.07 Å². The average Bonchev–Trinajstić information content (AvgIpc) is 2.53. The maximum absolute atomic E-state index is 12.2. The predicted octanol–water partition coefficient (Wildman–Crippen LogP) is 2.75. The summed E-state index contributed by atoms with van der Waals surface area (Å²) in [6, 6.07) is 2.20. The smallest absolute Gasteiger partial charge is 0.449 e. The lowest BCUT2D eigenvalue weighted by atomic mass is 10.1. The summed E-state index contributed by atoms with van der Waals surface area (Å²) in [5, 5.41) is 0. The summed E-state index contributed by atoms with van der Waals surface area (Å²) in [4.78, 5) is 0. The van der Waals surface area contributed by atoms with Gasteiger partial charge in [0.1, 0.15) is 5.76 Å². The van der Waals surface area contributed by atoms with Crippen molar-refractivity contribution in [3.63, 3.8) is 0 Å². The summed E-state index contributed by atoms with van der Waals surface area (Å²) in [5.41, 5.74) is 5.59. The third-order valence-electron chi connectivity index (χ3n) is 3.12. The molecule has 5 heteroatoms. The molecule has 1 fully saturated rings. The van der Waals surface area contributed by atoms with E-state index < -0.39 is 11.9 Å². The van der Waals surface area contributed by atoms with Crippen LogP contribution in [-0.2, 0) is 6.18 Å². The molecule has 84 valence electrons. The van der Waals surface area contributed by atoms with Gasteiger partial charge in [0.05, 0.1) is 0 Å². The largest absolute Gasteiger partial charge is 0.456 e. The minimum Gasteiger partial charge on any atom is -0.456 e. The quantitative estimate of drug-likeness (QED) is 0.788. The first kappa shape index (κ1) is 10.5. The van der Waals surface area contributed by atoms with Crippen molar-refractivity contribution >= 4 is 0 Å². The topological polar surface area (TPSA) is 39.2 Å². The van der Waals surface area contributed by atoms with Crippen LogP contribution in [0.3, 0.4) is 0 Å². The van der Waals surface area contributed by atoms with Crippen molar-refractivity contribution in [3.8, 4) is 0 Å². The van der Waals surface area contributed by atoms with Crippen LogP contribution in [0.25, 0.3) is 0 Å². The SMILES string of the molecule is CC1(C)[C@@H](N)[C@@H]1c1ccc(C(F)(F)F)o1. The second-order valence-electron chi connectivity index (χ2n) is 4.52. The van der Waals surface area contributed by atoms with Gasteiger partial charge in [-0.1, -0.05) is 13.8 Å². The standard InChI is InChI=1S/C10H12F3NO/c1-9(2)7(8(9)14)5-3-4-6(15-5)10(11,12)13/h3-4,7-8H,14H2,1-2H3/t7-,8-/m0/s1. The van der Waals surface area contributed by atoms with E-state index in [1.807, 2.05) is 13.8 Å². The number of rotatable bonds is 1. The number of hydrogen-bond donors (Lipinski definition) is 1. The van der Waals surface area contributed by atoms with Gasteiger partial charge in [0, 0.05) is 12.0 Å². The fourth-order valence-corrected chi connectivity index (χ4v) is 1.89. The second-order valence-corrected chi connectivity index (χ2v) is 4.52. The highest BCUT2D eigenvalue weighted by Gasteiger charge is 2.58. The highest BCUT2D eigenvalue weighted by Crippen LogP contribution is 2.57. The van der Waals surface area contributed by atoms with Crippen LogP contribution in [0.15, 0.2) is 16.5 Å². The molecule has 2 rings (SSSR count). The van der Waals surface area contributed by atoms with Crippen molar-refractivity contribution < 1.29 is 17.6 Å². The van der Waals surface area contributed by atoms with E-state index in [9.17, 15) is 13.2 Å². The molecule has 0 unspecified atom stereocenters. The van der Waals surface area contributed by atoms with Gasteiger partial charge in [0.15, 0.2) is 0 Å². The first-order valence-electron chi connectivity index (χ1n) is 4.67. The Kier molecular flexibility index (Phi) is 1.96. The third kappa shape index (κ3) is 1.55. The Labute approximate surface area is 85.2 Å². The van der Waals surface area contributed by atoms with Gasteiger partial charge in [-0.15, -0.1) is 0 Å². The number of furan rings is 1. The lowest BCUT2D eigenvalue weighted by Gasteiger charge is -2.01. The zero-order valence-corrected chi connectivity index (χ0v) is 8.43. The Morgan fingerprint density at radius 3 is 2.20 bits per heavy atom. The fraction of sp³-hybridized carbons (Fsp3) is 0.600. The lowest BCUT2D eigenvalue weighted by molar-refractivity contribution is -0.153. The number of nitrogens with two attached hydrogens (primary N) is 1. The van der Waals surface area contributed by atoms with E-state index >= 15 is 0 Å². The zero-order valence-electron chi connectivity index (χ0n) is 8.43. The normalized spacial score (nSPS) is 29.2. The third-order valence-corrected chi connectivity index (χ3v) is 3.12. The van der Waals surface area contributed by atoms with Gasteiger partial charge in [-0.05, 0) is 17.5 Å². The fourth-order valence-electron chi connectivity index (χ4n) is 1.89. The summed E-state index contributed by atoms with van der Waals surface area (Å²) in [5.74, 6) is -0.721. The first-order valence-corrected chi connectivity index (χ1v) is 4.67. The van der Waals surface area contributed by atoms with Crippen molar-refractivity contribution in [1.29, 1.82) is 0 Å². The molecule has 1 heterocycles. The van der Waals surface area contributed by atoms with E-state index in [4.69, 9.17) is 10.2 Å². The zero-order chi connectivity index (χ0) is 11.4. The predicted molar refractivity (Wildman–Crippen MR) is 48.2 cm³/mol. The molecular formula is C10H12F3NO. The van der Waals surface area contributed by atoms with Gasteiger partial charge in [0.2, 0.25) is 5.76 Å². The summed E-state index contributed by atoms with van der Waals surface area (Å²) >= 11 is 0. The van der Waals surface area contributed by atoms with Crippen LogP contribution in [-0.4, -0.2) is 6.04 Å². The van der Waals surface area contributed by atoms with E-state index in [0.29, 0.717) is 5.76 Å². The monoisotopic (exact) mass is 219 g/mol. The maximum Gasteiger partial charge on any atom is 0.449 e. The highest BCUT2D eigenvalue weighted by atomic mass is 19.4. The minimum absolute atomic E-state index is 0.103. The molecule has 0 saturated heterocycles. The second kappa shape index (κ2) is 2.78. The minimum atomic E-state index is -4.42. The van der Waals surface area contributed by atoms with Gasteiger partial charge < -0.3 is 10.2 Å². The van der Waals surface area contributed by atoms with Crippen LogP contribution >= 0.6 is 0 Å². The molecule has 2 atom stereocenters. The average molecular weight is 219 g/mol. The molecule has 0 amide bonds. The molecule has 0 bridgehead atoms. The molecule has 15 heavy (non-hydrogen) atoms. The molecule has 1 aromatic rings. The van der Waals surface area contributed by atoms with E-state index in [2.05, 4.69) is 0 Å². The van der Waals surface area contributed by atoms with E-state index in [0.717, 1.165) is 6.07 Å². The van der Waals surface area contributed by atoms with Crippen molar-refractivity contribution in [2.24, 2.45) is 11.1 Å². The van der Waals surface area contributed by atoms with Gasteiger partial charge >= 0.3 is 6.18 Å². The lowest BCUT2D eigenvalue weighted by Crippen LogP contribution is -2.06. The molecule has 1 saturated carbocycles. The van der Waals surface area contributed by atoms with Crippen molar-refractivity contribution in [2.45, 2.75) is 32.0 Å². The summed E-state index contributed by atoms with van der Waals surface area (Å²) < 4.78 is 41.5. The van der Waals surface area contributed by atoms with Gasteiger partial charge in [-0.3, -0.25) is 0 Å². The van der Waals surface area contributed by atoms with E-state index in [1.54, 1.807) is 0 Å². The molecule has 1 aromatic heterocycles. The molecule has 1 aliphatic carbocycles. The van der Waals surface area contributed by atoms with Gasteiger partial charge in [0.25, 0.3) is 0 Å². The molecule has 0 radical (unpaired) electrons. The molecule has 0 aliphatic heterocycles. The van der Waals surface area contributed by atoms with Gasteiger partial charge in [-0.25, -0.2) is 0 Å². The molecular weight excluding hydrogens is 207 g/mol. The Morgan fingerprint density at radius 2 is 1.87 bits per heavy atom. The molecule has 2 N–H and O–H groups in total. The van der Waals surface area contributed by atoms with Crippen LogP contribution in [0.5, 0.6) is 0 Å². The van der Waals surface area contributed by atoms with Gasteiger partial charge in [-0.2, -0.15) is 13.2 Å². The van der Waals surface area contributed by atoms with Crippen molar-refractivity contribution in [3.05, 3.63) is 23.7 Å². The van der Waals surface area contributed by atoms with Crippen LogP contribution in [0.1, 0.15) is 31.3 Å². The molecule has 0 aromatic carbocycles. The number of halogens is 3. The Bertz CT molecular complexity index is 380. The summed E-state index contributed by atoms with van der Waals surface area (Å²) in [6.07, 6.45) is -4.42. The summed E-state index contributed by atoms with van der Waals surface area (Å²) in [6.45, 7) is 3.83. The van der Waals surface area contributed by atoms with Crippen LogP contribution in [0.4, 0.5) is 13.2 Å². The Balaban J connectivity index is 2.23.